The van der Waals surface area contributed by atoms with Crippen molar-refractivity contribution >= 4 is 22.7 Å². The zero-order chi connectivity index (χ0) is 15.6. The molecule has 1 aromatic carbocycles. The number of carboxylic acids is 1. The molecular weight excluding hydrogens is 266 g/mol. The van der Waals surface area contributed by atoms with Crippen LogP contribution in [0.15, 0.2) is 24.3 Å². The number of ketones is 1. The Morgan fingerprint density at radius 3 is 2.52 bits per heavy atom. The van der Waals surface area contributed by atoms with Crippen LogP contribution in [0.2, 0.25) is 0 Å². The van der Waals surface area contributed by atoms with Crippen molar-refractivity contribution in [3.05, 3.63) is 35.5 Å². The second-order valence-electron chi connectivity index (χ2n) is 5.72. The van der Waals surface area contributed by atoms with E-state index in [2.05, 4.69) is 18.0 Å². The summed E-state index contributed by atoms with van der Waals surface area (Å²) in [7, 11) is 0. The third-order valence-corrected chi connectivity index (χ3v) is 3.66. The highest BCUT2D eigenvalue weighted by Crippen LogP contribution is 2.25. The number of carboxylic acid groups (broad SMARTS) is 1. The van der Waals surface area contributed by atoms with Gasteiger partial charge in [0.1, 0.15) is 5.92 Å². The second-order valence-corrected chi connectivity index (χ2v) is 5.72. The lowest BCUT2D eigenvalue weighted by Gasteiger charge is -2.14. The quantitative estimate of drug-likeness (QED) is 0.799. The van der Waals surface area contributed by atoms with Crippen LogP contribution in [0, 0.1) is 5.92 Å². The molecule has 0 aliphatic heterocycles. The summed E-state index contributed by atoms with van der Waals surface area (Å²) >= 11 is 0. The third-order valence-electron chi connectivity index (χ3n) is 3.66. The van der Waals surface area contributed by atoms with Crippen molar-refractivity contribution in [2.45, 2.75) is 39.5 Å². The van der Waals surface area contributed by atoms with Crippen LogP contribution in [0.1, 0.15) is 44.4 Å². The molecule has 21 heavy (non-hydrogen) atoms. The van der Waals surface area contributed by atoms with Gasteiger partial charge >= 0.3 is 5.97 Å². The van der Waals surface area contributed by atoms with E-state index < -0.39 is 11.9 Å². The van der Waals surface area contributed by atoms with Crippen LogP contribution in [-0.2, 0) is 16.0 Å². The maximum Gasteiger partial charge on any atom is 0.318 e. The Labute approximate surface area is 124 Å². The van der Waals surface area contributed by atoms with E-state index in [9.17, 15) is 14.7 Å². The van der Waals surface area contributed by atoms with Crippen molar-refractivity contribution in [3.8, 4) is 0 Å². The molecule has 1 unspecified atom stereocenters. The van der Waals surface area contributed by atoms with Gasteiger partial charge in [-0.2, -0.15) is 0 Å². The van der Waals surface area contributed by atoms with Crippen LogP contribution < -0.4 is 0 Å². The smallest absolute Gasteiger partial charge is 0.318 e. The lowest BCUT2D eigenvalue weighted by Crippen LogP contribution is -2.25. The number of carbonyl (C=O) groups excluding carboxylic acids is 1. The van der Waals surface area contributed by atoms with Gasteiger partial charge in [-0.3, -0.25) is 9.59 Å². The lowest BCUT2D eigenvalue weighted by atomic mass is 9.88. The van der Waals surface area contributed by atoms with Crippen molar-refractivity contribution in [3.63, 3.8) is 0 Å². The number of benzene rings is 1. The Kier molecular flexibility index (Phi) is 4.46. The standard InChI is InChI=1S/C17H21NO3/c1-4-5-13-8-11-6-7-12(9-14(11)18-13)15(17(20)21)16(19)10(2)3/h6-10,15,18H,4-5H2,1-3H3,(H,20,21). The molecule has 2 N–H and O–H groups in total. The number of carbonyl (C=O) groups is 2. The van der Waals surface area contributed by atoms with Gasteiger partial charge in [-0.15, -0.1) is 0 Å². The van der Waals surface area contributed by atoms with E-state index in [1.54, 1.807) is 26.0 Å². The maximum absolute atomic E-state index is 12.1. The van der Waals surface area contributed by atoms with Gasteiger partial charge in [-0.1, -0.05) is 39.3 Å². The number of rotatable bonds is 6. The first-order chi connectivity index (χ1) is 9.93. The number of aryl methyl sites for hydroxylation is 1. The first kappa shape index (κ1) is 15.3. The Morgan fingerprint density at radius 1 is 1.24 bits per heavy atom. The Balaban J connectivity index is 2.44. The van der Waals surface area contributed by atoms with Gasteiger partial charge in [-0.25, -0.2) is 0 Å². The first-order valence-corrected chi connectivity index (χ1v) is 7.32. The summed E-state index contributed by atoms with van der Waals surface area (Å²) in [5.41, 5.74) is 2.56. The molecule has 0 bridgehead atoms. The molecule has 1 heterocycles. The summed E-state index contributed by atoms with van der Waals surface area (Å²) in [5, 5.41) is 10.4. The normalized spacial score (nSPS) is 12.8. The SMILES string of the molecule is CCCc1cc2ccc(C(C(=O)O)C(=O)C(C)C)cc2[nH]1. The summed E-state index contributed by atoms with van der Waals surface area (Å²) in [5.74, 6) is -2.75. The van der Waals surface area contributed by atoms with Crippen LogP contribution in [0.4, 0.5) is 0 Å². The highest BCUT2D eigenvalue weighted by molar-refractivity contribution is 6.05. The molecule has 4 heteroatoms. The van der Waals surface area contributed by atoms with Gasteiger partial charge < -0.3 is 10.1 Å². The molecule has 112 valence electrons. The van der Waals surface area contributed by atoms with Crippen LogP contribution >= 0.6 is 0 Å². The molecule has 0 spiro atoms. The minimum absolute atomic E-state index is 0.262. The zero-order valence-electron chi connectivity index (χ0n) is 12.6. The largest absolute Gasteiger partial charge is 0.480 e. The van der Waals surface area contributed by atoms with E-state index in [4.69, 9.17) is 0 Å². The molecule has 2 aromatic rings. The number of aromatic nitrogens is 1. The summed E-state index contributed by atoms with van der Waals surface area (Å²) in [6.45, 7) is 5.56. The molecule has 2 rings (SSSR count). The van der Waals surface area contributed by atoms with Crippen molar-refractivity contribution < 1.29 is 14.7 Å². The predicted octanol–water partition coefficient (Wildman–Crippen LogP) is 3.51. The minimum atomic E-state index is -1.09. The highest BCUT2D eigenvalue weighted by atomic mass is 16.4. The fourth-order valence-electron chi connectivity index (χ4n) is 2.55. The topological polar surface area (TPSA) is 70.2 Å². The monoisotopic (exact) mass is 287 g/mol. The van der Waals surface area contributed by atoms with Crippen molar-refractivity contribution in [1.82, 2.24) is 4.98 Å². The fraction of sp³-hybridized carbons (Fsp3) is 0.412. The molecule has 0 fully saturated rings. The summed E-state index contributed by atoms with van der Waals surface area (Å²) in [4.78, 5) is 26.9. The average Bonchev–Trinajstić information content (AvgIpc) is 2.80. The van der Waals surface area contributed by atoms with Crippen molar-refractivity contribution in [2.75, 3.05) is 0 Å². The number of Topliss-reactive ketones (excluding diaryl/α,β-unsaturated/α-hetero) is 1. The highest BCUT2D eigenvalue weighted by Gasteiger charge is 2.30. The Morgan fingerprint density at radius 2 is 1.95 bits per heavy atom. The molecule has 0 radical (unpaired) electrons. The summed E-state index contributed by atoms with van der Waals surface area (Å²) in [6, 6.07) is 7.48. The van der Waals surface area contributed by atoms with Crippen LogP contribution in [0.5, 0.6) is 0 Å². The fourth-order valence-corrected chi connectivity index (χ4v) is 2.55. The molecule has 0 aliphatic rings. The molecular formula is C17H21NO3. The van der Waals surface area contributed by atoms with Gasteiger partial charge in [-0.05, 0) is 29.5 Å². The first-order valence-electron chi connectivity index (χ1n) is 7.32. The molecule has 1 atom stereocenters. The van der Waals surface area contributed by atoms with E-state index in [-0.39, 0.29) is 11.7 Å². The number of aliphatic carboxylic acids is 1. The van der Waals surface area contributed by atoms with Crippen molar-refractivity contribution in [2.24, 2.45) is 5.92 Å². The molecule has 0 saturated heterocycles. The molecule has 0 saturated carbocycles. The van der Waals surface area contributed by atoms with E-state index >= 15 is 0 Å². The Hall–Kier alpha value is -2.10. The molecule has 0 amide bonds. The number of fused-ring (bicyclic) bond motifs is 1. The Bertz CT molecular complexity index is 670. The second kappa shape index (κ2) is 6.12. The van der Waals surface area contributed by atoms with Crippen LogP contribution in [-0.4, -0.2) is 21.8 Å². The van der Waals surface area contributed by atoms with E-state index in [0.29, 0.717) is 5.56 Å². The van der Waals surface area contributed by atoms with Gasteiger partial charge in [0.2, 0.25) is 0 Å². The van der Waals surface area contributed by atoms with Crippen molar-refractivity contribution in [1.29, 1.82) is 0 Å². The van der Waals surface area contributed by atoms with Crippen LogP contribution in [0.25, 0.3) is 10.9 Å². The number of H-pyrrole nitrogens is 1. The van der Waals surface area contributed by atoms with Crippen LogP contribution in [0.3, 0.4) is 0 Å². The van der Waals surface area contributed by atoms with Gasteiger partial charge in [0.15, 0.2) is 5.78 Å². The summed E-state index contributed by atoms with van der Waals surface area (Å²) in [6.07, 6.45) is 2.00. The number of aromatic amines is 1. The number of hydrogen-bond acceptors (Lipinski definition) is 2. The molecule has 1 aromatic heterocycles. The minimum Gasteiger partial charge on any atom is -0.480 e. The van der Waals surface area contributed by atoms with Gasteiger partial charge in [0, 0.05) is 17.1 Å². The van der Waals surface area contributed by atoms with E-state index in [0.717, 1.165) is 29.4 Å². The molecule has 0 aliphatic carbocycles. The number of nitrogens with one attached hydrogen (secondary N) is 1. The molecule has 4 nitrogen and oxygen atoms in total. The summed E-state index contributed by atoms with van der Waals surface area (Å²) < 4.78 is 0. The van der Waals surface area contributed by atoms with Gasteiger partial charge in [0.25, 0.3) is 0 Å². The lowest BCUT2D eigenvalue weighted by molar-refractivity contribution is -0.143. The zero-order valence-corrected chi connectivity index (χ0v) is 12.6. The van der Waals surface area contributed by atoms with Gasteiger partial charge in [0.05, 0.1) is 0 Å². The average molecular weight is 287 g/mol. The maximum atomic E-state index is 12.1. The predicted molar refractivity (Wildman–Crippen MR) is 82.5 cm³/mol. The number of hydrogen-bond donors (Lipinski definition) is 2. The van der Waals surface area contributed by atoms with E-state index in [1.807, 2.05) is 6.07 Å². The third kappa shape index (κ3) is 3.15. The van der Waals surface area contributed by atoms with E-state index in [1.165, 1.54) is 0 Å².